The van der Waals surface area contributed by atoms with Crippen LogP contribution in [0.1, 0.15) is 47.1 Å². The Morgan fingerprint density at radius 1 is 0.781 bits per heavy atom. The number of hydrogen-bond acceptors (Lipinski definition) is 3. The van der Waals surface area contributed by atoms with Crippen LogP contribution < -0.4 is 0 Å². The Morgan fingerprint density at radius 3 is 2.16 bits per heavy atom. The Bertz CT molecular complexity index is 1300. The van der Waals surface area contributed by atoms with Crippen LogP contribution in [0.25, 0.3) is 33.1 Å². The van der Waals surface area contributed by atoms with Crippen molar-refractivity contribution in [1.82, 2.24) is 15.0 Å². The van der Waals surface area contributed by atoms with Gasteiger partial charge in [-0.2, -0.15) is 0 Å². The van der Waals surface area contributed by atoms with Gasteiger partial charge in [-0.1, -0.05) is 77.8 Å². The van der Waals surface area contributed by atoms with E-state index in [-0.39, 0.29) is 0 Å². The lowest BCUT2D eigenvalue weighted by Gasteiger charge is -2.38. The number of rotatable bonds is 4. The van der Waals surface area contributed by atoms with Crippen molar-refractivity contribution < 1.29 is 0 Å². The summed E-state index contributed by atoms with van der Waals surface area (Å²) in [6.45, 7) is 14.1. The molecule has 0 unspecified atom stereocenters. The van der Waals surface area contributed by atoms with Gasteiger partial charge in [-0.15, -0.1) is 5.54 Å². The molecule has 0 fully saturated rings. The summed E-state index contributed by atoms with van der Waals surface area (Å²) in [4.78, 5) is 13.7. The van der Waals surface area contributed by atoms with E-state index in [0.717, 1.165) is 33.2 Å². The van der Waals surface area contributed by atoms with Crippen LogP contribution in [0.5, 0.6) is 0 Å². The summed E-state index contributed by atoms with van der Waals surface area (Å²) in [5, 5.41) is 3.24. The zero-order valence-electron chi connectivity index (χ0n) is 19.8. The SMILES string of the molecule is CC(C)[Si](C#Cc1cccc2cccc(-c3ncc4cnccc4n3)c12)(C(C)C)C(C)C. The highest BCUT2D eigenvalue weighted by molar-refractivity contribution is 6.90. The molecule has 0 saturated heterocycles. The molecule has 0 bridgehead atoms. The number of pyridine rings is 1. The number of aromatic nitrogens is 3. The fourth-order valence-electron chi connectivity index (χ4n) is 5.24. The van der Waals surface area contributed by atoms with Gasteiger partial charge in [-0.25, -0.2) is 9.97 Å². The normalized spacial score (nSPS) is 12.0. The largest absolute Gasteiger partial charge is 0.264 e. The van der Waals surface area contributed by atoms with Crippen molar-refractivity contribution in [2.45, 2.75) is 58.2 Å². The summed E-state index contributed by atoms with van der Waals surface area (Å²) in [5.41, 5.74) is 8.67. The first-order chi connectivity index (χ1) is 15.3. The van der Waals surface area contributed by atoms with Gasteiger partial charge in [0.15, 0.2) is 5.82 Å². The third-order valence-electron chi connectivity index (χ3n) is 6.81. The molecule has 162 valence electrons. The fraction of sp³-hybridized carbons (Fsp3) is 0.321. The van der Waals surface area contributed by atoms with Crippen molar-refractivity contribution in [2.24, 2.45) is 0 Å². The highest BCUT2D eigenvalue weighted by Crippen LogP contribution is 2.41. The molecule has 0 N–H and O–H groups in total. The summed E-state index contributed by atoms with van der Waals surface area (Å²) in [6, 6.07) is 14.6. The average molecular weight is 438 g/mol. The minimum Gasteiger partial charge on any atom is -0.264 e. The molecule has 3 nitrogen and oxygen atoms in total. The third-order valence-corrected chi connectivity index (χ3v) is 13.1. The van der Waals surface area contributed by atoms with E-state index in [1.807, 2.05) is 12.3 Å². The van der Waals surface area contributed by atoms with Gasteiger partial charge in [-0.3, -0.25) is 4.98 Å². The van der Waals surface area contributed by atoms with Crippen LogP contribution in [0.2, 0.25) is 16.6 Å². The molecule has 0 atom stereocenters. The van der Waals surface area contributed by atoms with Gasteiger partial charge in [-0.05, 0) is 34.1 Å². The molecule has 2 heterocycles. The molecule has 0 amide bonds. The maximum atomic E-state index is 4.84. The number of nitrogens with zero attached hydrogens (tertiary/aromatic N) is 3. The van der Waals surface area contributed by atoms with Crippen LogP contribution in [0.4, 0.5) is 0 Å². The van der Waals surface area contributed by atoms with Gasteiger partial charge in [0.1, 0.15) is 8.07 Å². The highest BCUT2D eigenvalue weighted by Gasteiger charge is 2.41. The van der Waals surface area contributed by atoms with E-state index >= 15 is 0 Å². The van der Waals surface area contributed by atoms with Crippen LogP contribution in [-0.4, -0.2) is 23.0 Å². The Kier molecular flexibility index (Phi) is 6.12. The zero-order valence-corrected chi connectivity index (χ0v) is 20.8. The molecule has 4 heteroatoms. The second-order valence-corrected chi connectivity index (χ2v) is 15.1. The topological polar surface area (TPSA) is 38.7 Å². The van der Waals surface area contributed by atoms with Gasteiger partial charge < -0.3 is 0 Å². The predicted molar refractivity (Wildman–Crippen MR) is 138 cm³/mol. The van der Waals surface area contributed by atoms with Gasteiger partial charge in [0.2, 0.25) is 0 Å². The van der Waals surface area contributed by atoms with Crippen molar-refractivity contribution in [3.63, 3.8) is 0 Å². The van der Waals surface area contributed by atoms with E-state index in [0.29, 0.717) is 16.6 Å². The number of benzene rings is 2. The van der Waals surface area contributed by atoms with Gasteiger partial charge in [0, 0.05) is 40.5 Å². The Balaban J connectivity index is 1.94. The molecular formula is C28H31N3Si. The van der Waals surface area contributed by atoms with Crippen molar-refractivity contribution in [3.05, 3.63) is 66.6 Å². The third kappa shape index (κ3) is 3.82. The molecule has 0 aliphatic heterocycles. The van der Waals surface area contributed by atoms with E-state index in [4.69, 9.17) is 4.98 Å². The van der Waals surface area contributed by atoms with Crippen LogP contribution >= 0.6 is 0 Å². The molecule has 0 saturated carbocycles. The Labute approximate surface area is 192 Å². The molecule has 4 aromatic rings. The summed E-state index contributed by atoms with van der Waals surface area (Å²) < 4.78 is 0. The number of hydrogen-bond donors (Lipinski definition) is 0. The first-order valence-corrected chi connectivity index (χ1v) is 13.7. The van der Waals surface area contributed by atoms with E-state index in [9.17, 15) is 0 Å². The maximum Gasteiger partial charge on any atom is 0.160 e. The van der Waals surface area contributed by atoms with Gasteiger partial charge >= 0.3 is 0 Å². The first kappa shape index (κ1) is 22.2. The standard InChI is InChI=1S/C28H31N3Si/c1-19(2)32(20(3)4,21(5)6)16-14-23-10-7-9-22-11-8-12-25(27(22)23)28-30-18-24-17-29-15-13-26(24)31-28/h7-13,15,17-21H,1-6H3. The predicted octanol–water partition coefficient (Wildman–Crippen LogP) is 7.41. The lowest BCUT2D eigenvalue weighted by atomic mass is 9.99. The van der Waals surface area contributed by atoms with E-state index in [2.05, 4.69) is 99.4 Å². The van der Waals surface area contributed by atoms with Crippen LogP contribution in [0.15, 0.2) is 61.1 Å². The first-order valence-electron chi connectivity index (χ1n) is 11.5. The smallest absolute Gasteiger partial charge is 0.160 e. The molecule has 0 aliphatic rings. The Morgan fingerprint density at radius 2 is 1.47 bits per heavy atom. The highest BCUT2D eigenvalue weighted by atomic mass is 28.3. The molecule has 4 rings (SSSR count). The lowest BCUT2D eigenvalue weighted by molar-refractivity contribution is 0.838. The van der Waals surface area contributed by atoms with Crippen molar-refractivity contribution in [1.29, 1.82) is 0 Å². The van der Waals surface area contributed by atoms with E-state index in [1.54, 1.807) is 12.4 Å². The van der Waals surface area contributed by atoms with Gasteiger partial charge in [0.05, 0.1) is 5.52 Å². The van der Waals surface area contributed by atoms with Crippen LogP contribution in [-0.2, 0) is 0 Å². The summed E-state index contributed by atoms with van der Waals surface area (Å²) >= 11 is 0. The summed E-state index contributed by atoms with van der Waals surface area (Å²) in [5.74, 6) is 4.39. The molecule has 0 spiro atoms. The Hall–Kier alpha value is -3.03. The molecule has 0 radical (unpaired) electrons. The molecule has 32 heavy (non-hydrogen) atoms. The molecule has 2 aromatic heterocycles. The minimum atomic E-state index is -1.83. The van der Waals surface area contributed by atoms with E-state index in [1.165, 1.54) is 5.39 Å². The second-order valence-electron chi connectivity index (χ2n) is 9.48. The van der Waals surface area contributed by atoms with Crippen molar-refractivity contribution in [3.8, 4) is 22.9 Å². The molecule has 2 aromatic carbocycles. The average Bonchev–Trinajstić information content (AvgIpc) is 2.78. The zero-order chi connectivity index (χ0) is 22.9. The van der Waals surface area contributed by atoms with Crippen LogP contribution in [0, 0.1) is 11.5 Å². The van der Waals surface area contributed by atoms with Crippen LogP contribution in [0.3, 0.4) is 0 Å². The minimum absolute atomic E-state index is 0.599. The van der Waals surface area contributed by atoms with Crippen molar-refractivity contribution >= 4 is 29.7 Å². The molecule has 0 aliphatic carbocycles. The van der Waals surface area contributed by atoms with E-state index < -0.39 is 8.07 Å². The second kappa shape index (κ2) is 8.84. The molecular weight excluding hydrogens is 406 g/mol. The van der Waals surface area contributed by atoms with Gasteiger partial charge in [0.25, 0.3) is 0 Å². The fourth-order valence-corrected chi connectivity index (χ4v) is 10.5. The lowest BCUT2D eigenvalue weighted by Crippen LogP contribution is -2.43. The quantitative estimate of drug-likeness (QED) is 0.246. The summed E-state index contributed by atoms with van der Waals surface area (Å²) in [6.07, 6.45) is 5.42. The van der Waals surface area contributed by atoms with Crippen molar-refractivity contribution in [2.75, 3.05) is 0 Å². The monoisotopic (exact) mass is 437 g/mol. The summed E-state index contributed by atoms with van der Waals surface area (Å²) in [7, 11) is -1.83. The maximum absolute atomic E-state index is 4.84. The number of fused-ring (bicyclic) bond motifs is 2.